The normalized spacial score (nSPS) is 33.2. The van der Waals surface area contributed by atoms with Gasteiger partial charge in [-0.05, 0) is 23.7 Å². The third-order valence-corrected chi connectivity index (χ3v) is 16.8. The number of H-pyrrole nitrogens is 1. The second kappa shape index (κ2) is 13.8. The molecule has 300 valence electrons. The number of hydrogen-bond donors (Lipinski definition) is 4. The van der Waals surface area contributed by atoms with Crippen molar-refractivity contribution in [2.75, 3.05) is 18.9 Å². The lowest BCUT2D eigenvalue weighted by atomic mass is 10.1. The number of hydrogen-bond acceptors (Lipinski definition) is 17. The van der Waals surface area contributed by atoms with E-state index in [1.165, 1.54) is 38.7 Å². The van der Waals surface area contributed by atoms with E-state index in [0.29, 0.717) is 0 Å². The molecule has 3 saturated heterocycles. The predicted octanol–water partition coefficient (Wildman–Crippen LogP) is 2.68. The van der Waals surface area contributed by atoms with Crippen molar-refractivity contribution in [2.24, 2.45) is 5.11 Å². The number of nitrogen functional groups attached to an aromatic ring is 1. The summed E-state index contributed by atoms with van der Waals surface area (Å²) in [6.45, 7) is 8.28. The van der Waals surface area contributed by atoms with Crippen LogP contribution in [-0.4, -0.2) is 111 Å². The first-order valence-electron chi connectivity index (χ1n) is 17.1. The molecule has 2 unspecified atom stereocenters. The van der Waals surface area contributed by atoms with E-state index >= 15 is 0 Å². The molecule has 0 aliphatic carbocycles. The molecule has 2 bridgehead atoms. The Morgan fingerprint density at radius 1 is 0.982 bits per heavy atom. The molecule has 8 heterocycles. The van der Waals surface area contributed by atoms with Gasteiger partial charge < -0.3 is 29.4 Å². The molecule has 0 aromatic carbocycles. The third-order valence-electron chi connectivity index (χ3n) is 10.3. The molecule has 8 rings (SSSR count). The molecule has 56 heavy (non-hydrogen) atoms. The van der Waals surface area contributed by atoms with Crippen molar-refractivity contribution in [3.05, 3.63) is 52.2 Å². The fraction of sp³-hybridized carbons (Fsp3) is 0.571. The van der Waals surface area contributed by atoms with Crippen molar-refractivity contribution < 1.29 is 50.9 Å². The molecule has 25 nitrogen and oxygen atoms in total. The summed E-state index contributed by atoms with van der Waals surface area (Å²) >= 11 is 0. The molecule has 3 aliphatic heterocycles. The van der Waals surface area contributed by atoms with Crippen LogP contribution >= 0.6 is 15.6 Å². The Morgan fingerprint density at radius 3 is 2.36 bits per heavy atom. The van der Waals surface area contributed by atoms with Gasteiger partial charge in [-0.1, -0.05) is 25.9 Å². The second-order valence-electron chi connectivity index (χ2n) is 14.8. The summed E-state index contributed by atoms with van der Waals surface area (Å²) in [5, 5.41) is 3.38. The lowest BCUT2D eigenvalue weighted by Crippen LogP contribution is -2.50. The minimum atomic E-state index is -5.16. The summed E-state index contributed by atoms with van der Waals surface area (Å²) < 4.78 is 74.2. The summed E-state index contributed by atoms with van der Waals surface area (Å²) in [6.07, 6.45) is -2.97. The summed E-state index contributed by atoms with van der Waals surface area (Å²) in [4.78, 5) is 61.9. The Morgan fingerprint density at radius 2 is 1.64 bits per heavy atom. The van der Waals surface area contributed by atoms with E-state index in [9.17, 15) is 29.2 Å². The van der Waals surface area contributed by atoms with E-state index in [1.54, 1.807) is 6.20 Å². The molecule has 0 amide bonds. The van der Waals surface area contributed by atoms with Crippen LogP contribution in [0.3, 0.4) is 0 Å². The molecule has 0 radical (unpaired) electrons. The molecule has 3 aliphatic rings. The highest BCUT2D eigenvalue weighted by Gasteiger charge is 2.56. The number of anilines is 1. The number of phosphoric acid groups is 2. The Hall–Kier alpha value is -4.13. The zero-order chi connectivity index (χ0) is 39.9. The molecule has 0 saturated carbocycles. The van der Waals surface area contributed by atoms with Crippen molar-refractivity contribution in [3.63, 3.8) is 0 Å². The van der Waals surface area contributed by atoms with Crippen LogP contribution in [0.25, 0.3) is 38.5 Å². The van der Waals surface area contributed by atoms with Gasteiger partial charge in [-0.25, -0.2) is 34.0 Å². The topological polar surface area (TPSA) is 326 Å². The smallest absolute Gasteiger partial charge is 0.408 e. The average Bonchev–Trinajstić information content (AvgIpc) is 3.94. The molecule has 5 aromatic rings. The molecule has 28 heteroatoms. The third kappa shape index (κ3) is 6.75. The Bertz CT molecular complexity index is 2530. The first-order valence-corrected chi connectivity index (χ1v) is 23.0. The van der Waals surface area contributed by atoms with Crippen LogP contribution in [-0.2, 0) is 41.1 Å². The van der Waals surface area contributed by atoms with Crippen LogP contribution in [0.1, 0.15) is 33.2 Å². The van der Waals surface area contributed by atoms with E-state index in [0.717, 1.165) is 0 Å². The summed E-state index contributed by atoms with van der Waals surface area (Å²) in [7, 11) is -13.1. The van der Waals surface area contributed by atoms with E-state index in [2.05, 4.69) is 39.9 Å². The monoisotopic (exact) mass is 837 g/mol. The van der Waals surface area contributed by atoms with Crippen LogP contribution in [0.5, 0.6) is 0 Å². The van der Waals surface area contributed by atoms with Gasteiger partial charge in [0.15, 0.2) is 37.2 Å². The predicted molar refractivity (Wildman–Crippen MR) is 193 cm³/mol. The molecule has 5 N–H and O–H groups in total. The van der Waals surface area contributed by atoms with Crippen LogP contribution in [0.2, 0.25) is 18.1 Å². The van der Waals surface area contributed by atoms with Crippen LogP contribution in [0, 0.1) is 0 Å². The summed E-state index contributed by atoms with van der Waals surface area (Å²) in [5.74, 6) is 0.213. The Labute approximate surface area is 316 Å². The van der Waals surface area contributed by atoms with Gasteiger partial charge in [0.25, 0.3) is 5.56 Å². The van der Waals surface area contributed by atoms with E-state index < -0.39 is 96.8 Å². The van der Waals surface area contributed by atoms with Crippen molar-refractivity contribution in [1.29, 1.82) is 0 Å². The van der Waals surface area contributed by atoms with Crippen molar-refractivity contribution >= 4 is 57.9 Å². The lowest BCUT2D eigenvalue weighted by Gasteiger charge is -2.40. The quantitative estimate of drug-likeness (QED) is 0.0650. The average molecular weight is 838 g/mol. The van der Waals surface area contributed by atoms with E-state index in [-0.39, 0.29) is 33.9 Å². The van der Waals surface area contributed by atoms with Gasteiger partial charge in [-0.3, -0.25) is 41.4 Å². The maximum absolute atomic E-state index is 14.1. The van der Waals surface area contributed by atoms with E-state index in [1.807, 2.05) is 33.9 Å². The number of nitrogens with zero attached hydrogens (tertiary/aromatic N) is 11. The number of nitrogens with two attached hydrogens (primary N) is 1. The van der Waals surface area contributed by atoms with Crippen molar-refractivity contribution in [1.82, 2.24) is 43.4 Å². The molecule has 0 spiro atoms. The van der Waals surface area contributed by atoms with Gasteiger partial charge in [0, 0.05) is 17.3 Å². The SMILES string of the molecule is CC(C)(C)[Si](C)(C)O[C@H]1[C@H]2OP(=O)(O)OC[C@H]3O[C@@H](n4cnc5c(N)ncnc54)[C@H](N=[N+]=[N-])[C@@H]3OP(=O)(O)OC[C@H]1O[C@H]2n1cnc2c(=O)[nH]c3nccn3c21. The van der Waals surface area contributed by atoms with E-state index in [4.69, 9.17) is 37.7 Å². The van der Waals surface area contributed by atoms with Gasteiger partial charge >= 0.3 is 15.6 Å². The summed E-state index contributed by atoms with van der Waals surface area (Å²) in [6, 6.07) is -1.42. The largest absolute Gasteiger partial charge is 0.472 e. The maximum atomic E-state index is 14.1. The van der Waals surface area contributed by atoms with Crippen molar-refractivity contribution in [2.45, 2.75) is 87.9 Å². The highest BCUT2D eigenvalue weighted by Crippen LogP contribution is 2.55. The van der Waals surface area contributed by atoms with Gasteiger partial charge in [0.2, 0.25) is 5.78 Å². The van der Waals surface area contributed by atoms with Gasteiger partial charge in [-0.15, -0.1) is 0 Å². The number of rotatable bonds is 5. The highest BCUT2D eigenvalue weighted by molar-refractivity contribution is 7.47. The van der Waals surface area contributed by atoms with Crippen molar-refractivity contribution in [3.8, 4) is 0 Å². The second-order valence-corrected chi connectivity index (χ2v) is 22.4. The number of aromatic nitrogens is 9. The Kier molecular flexibility index (Phi) is 9.52. The van der Waals surface area contributed by atoms with Gasteiger partial charge in [-0.2, -0.15) is 0 Å². The fourth-order valence-corrected chi connectivity index (χ4v) is 9.87. The molecule has 3 fully saturated rings. The number of imidazole rings is 3. The molecular formula is C28H37N13O12P2Si. The van der Waals surface area contributed by atoms with Gasteiger partial charge in [0.05, 0.1) is 25.9 Å². The zero-order valence-corrected chi connectivity index (χ0v) is 33.1. The number of azide groups is 1. The number of nitrogens with one attached hydrogen (secondary N) is 1. The minimum absolute atomic E-state index is 0.0149. The van der Waals surface area contributed by atoms with Crippen LogP contribution in [0.4, 0.5) is 5.82 Å². The highest BCUT2D eigenvalue weighted by atomic mass is 31.2. The standard InChI is InChI=1S/C28H37N13O12P2Si/c1-28(2,3)56(4,5)53-19-14-9-48-54(43,44)51-18-13(49-25(15(18)37-38-30)40-11-34-16-21(29)32-10-33-22(16)40)8-47-55(45,46)52-20(19)26(50-14)41-12-35-17-23(42)36-27-31-6-7-39(27)24(17)41/h6-7,10-15,18-20,25-26H,8-9H2,1-5H3,(H,43,44)(H,45,46)(H2,29,32,33)(H,31,36,42)/t13-,14-,15-,18-,19-,20-,25-,26-/m1/s1. The first kappa shape index (κ1) is 38.7. The number of fused-ring (bicyclic) bond motifs is 7. The number of phosphoric ester groups is 2. The Balaban J connectivity index is 1.20. The molecule has 10 atom stereocenters. The van der Waals surface area contributed by atoms with Crippen LogP contribution < -0.4 is 11.3 Å². The molecule has 5 aromatic heterocycles. The fourth-order valence-electron chi connectivity index (χ4n) is 6.66. The molecular weight excluding hydrogens is 800 g/mol. The summed E-state index contributed by atoms with van der Waals surface area (Å²) in [5.41, 5.74) is 15.5. The van der Waals surface area contributed by atoms with Crippen LogP contribution in [0.15, 0.2) is 41.3 Å². The number of ether oxygens (including phenoxy) is 2. The maximum Gasteiger partial charge on any atom is 0.472 e. The lowest BCUT2D eigenvalue weighted by molar-refractivity contribution is -0.0670. The van der Waals surface area contributed by atoms with Gasteiger partial charge in [0.1, 0.15) is 54.6 Å². The minimum Gasteiger partial charge on any atom is -0.408 e. The first-order chi connectivity index (χ1) is 26.4. The zero-order valence-electron chi connectivity index (χ0n) is 30.3. The number of aromatic amines is 1.